The van der Waals surface area contributed by atoms with Crippen molar-refractivity contribution < 1.29 is 28.8 Å². The Bertz CT molecular complexity index is 927. The van der Waals surface area contributed by atoms with Gasteiger partial charge in [-0.25, -0.2) is 4.79 Å². The summed E-state index contributed by atoms with van der Waals surface area (Å²) in [5, 5.41) is 16.1. The molecular formula is C18H17N3O7. The first-order valence-corrected chi connectivity index (χ1v) is 7.97. The van der Waals surface area contributed by atoms with Crippen LogP contribution in [0.15, 0.2) is 42.5 Å². The van der Waals surface area contributed by atoms with E-state index in [9.17, 15) is 24.5 Å². The minimum atomic E-state index is -0.895. The van der Waals surface area contributed by atoms with Crippen LogP contribution < -0.4 is 15.4 Å². The molecule has 146 valence electrons. The number of rotatable bonds is 7. The Morgan fingerprint density at radius 2 is 1.75 bits per heavy atom. The molecule has 0 aliphatic rings. The van der Waals surface area contributed by atoms with Crippen molar-refractivity contribution in [2.24, 2.45) is 0 Å². The normalized spacial score (nSPS) is 9.93. The number of hydrogen-bond donors (Lipinski definition) is 2. The molecule has 0 spiro atoms. The summed E-state index contributed by atoms with van der Waals surface area (Å²) < 4.78 is 9.74. The average molecular weight is 387 g/mol. The fourth-order valence-electron chi connectivity index (χ4n) is 2.25. The molecule has 0 aromatic heterocycles. The van der Waals surface area contributed by atoms with Gasteiger partial charge in [0.05, 0.1) is 17.6 Å². The summed E-state index contributed by atoms with van der Waals surface area (Å²) >= 11 is 0. The van der Waals surface area contributed by atoms with Crippen molar-refractivity contribution in [2.75, 3.05) is 24.4 Å². The quantitative estimate of drug-likeness (QED) is 0.423. The van der Waals surface area contributed by atoms with Gasteiger partial charge in [-0.1, -0.05) is 6.07 Å². The average Bonchev–Trinajstić information content (AvgIpc) is 2.65. The maximum atomic E-state index is 12.0. The molecule has 10 heteroatoms. The van der Waals surface area contributed by atoms with E-state index in [1.54, 1.807) is 18.2 Å². The number of carbonyl (C=O) groups is 3. The molecule has 0 fully saturated rings. The van der Waals surface area contributed by atoms with Gasteiger partial charge in [-0.3, -0.25) is 19.7 Å². The molecule has 0 aliphatic carbocycles. The smallest absolute Gasteiger partial charge is 0.338 e. The molecule has 2 aromatic rings. The van der Waals surface area contributed by atoms with E-state index >= 15 is 0 Å². The van der Waals surface area contributed by atoms with E-state index in [2.05, 4.69) is 10.6 Å². The second-order valence-electron chi connectivity index (χ2n) is 5.53. The molecule has 0 bridgehead atoms. The van der Waals surface area contributed by atoms with Crippen LogP contribution in [-0.4, -0.2) is 36.4 Å². The summed E-state index contributed by atoms with van der Waals surface area (Å²) in [7, 11) is 1.27. The summed E-state index contributed by atoms with van der Waals surface area (Å²) in [6.07, 6.45) is 0. The third kappa shape index (κ3) is 5.53. The Hall–Kier alpha value is -3.95. The van der Waals surface area contributed by atoms with Gasteiger partial charge in [0.15, 0.2) is 12.4 Å². The van der Waals surface area contributed by atoms with E-state index in [1.165, 1.54) is 32.2 Å². The largest absolute Gasteiger partial charge is 0.490 e. The molecule has 0 unspecified atom stereocenters. The second-order valence-corrected chi connectivity index (χ2v) is 5.53. The van der Waals surface area contributed by atoms with Crippen molar-refractivity contribution in [3.05, 3.63) is 58.1 Å². The number of ether oxygens (including phenoxy) is 2. The number of methoxy groups -OCH3 is 1. The number of nitro benzene ring substituents is 1. The summed E-state index contributed by atoms with van der Waals surface area (Å²) in [4.78, 5) is 45.4. The Morgan fingerprint density at radius 3 is 2.36 bits per heavy atom. The monoisotopic (exact) mass is 387 g/mol. The number of amides is 2. The fourth-order valence-corrected chi connectivity index (χ4v) is 2.25. The zero-order chi connectivity index (χ0) is 20.7. The van der Waals surface area contributed by atoms with Gasteiger partial charge in [0, 0.05) is 24.4 Å². The summed E-state index contributed by atoms with van der Waals surface area (Å²) in [6.45, 7) is 0.761. The third-order valence-electron chi connectivity index (χ3n) is 3.41. The highest BCUT2D eigenvalue weighted by Gasteiger charge is 2.19. The molecule has 0 heterocycles. The minimum absolute atomic E-state index is 0.00153. The van der Waals surface area contributed by atoms with Gasteiger partial charge >= 0.3 is 11.7 Å². The highest BCUT2D eigenvalue weighted by molar-refractivity contribution is 5.96. The maximum Gasteiger partial charge on any atom is 0.338 e. The van der Waals surface area contributed by atoms with E-state index in [-0.39, 0.29) is 17.2 Å². The van der Waals surface area contributed by atoms with E-state index in [1.807, 2.05) is 0 Å². The first kappa shape index (κ1) is 20.4. The SMILES string of the molecule is COc1ccc(C(=O)OCC(=O)Nc2cccc(NC(C)=O)c2)cc1[N+](=O)[O-]. The molecule has 0 saturated carbocycles. The van der Waals surface area contributed by atoms with Crippen LogP contribution in [0.25, 0.3) is 0 Å². The number of nitro groups is 1. The Labute approximate surface area is 159 Å². The standard InChI is InChI=1S/C18H17N3O7/c1-11(22)19-13-4-3-5-14(9-13)20-17(23)10-28-18(24)12-6-7-16(27-2)15(8-12)21(25)26/h3-9H,10H2,1-2H3,(H,19,22)(H,20,23). The number of carbonyl (C=O) groups excluding carboxylic acids is 3. The zero-order valence-electron chi connectivity index (χ0n) is 15.1. The van der Waals surface area contributed by atoms with Gasteiger partial charge in [0.25, 0.3) is 5.91 Å². The number of benzene rings is 2. The zero-order valence-corrected chi connectivity index (χ0v) is 15.1. The van der Waals surface area contributed by atoms with Gasteiger partial charge < -0.3 is 20.1 Å². The van der Waals surface area contributed by atoms with Crippen LogP contribution >= 0.6 is 0 Å². The number of esters is 1. The number of nitrogens with zero attached hydrogens (tertiary/aromatic N) is 1. The van der Waals surface area contributed by atoms with Crippen LogP contribution in [0, 0.1) is 10.1 Å². The van der Waals surface area contributed by atoms with Crippen molar-refractivity contribution in [1.29, 1.82) is 0 Å². The predicted molar refractivity (Wildman–Crippen MR) is 99.3 cm³/mol. The first-order chi connectivity index (χ1) is 13.3. The fraction of sp³-hybridized carbons (Fsp3) is 0.167. The van der Waals surface area contributed by atoms with E-state index in [4.69, 9.17) is 9.47 Å². The lowest BCUT2D eigenvalue weighted by Crippen LogP contribution is -2.21. The van der Waals surface area contributed by atoms with E-state index in [0.717, 1.165) is 6.07 Å². The number of anilines is 2. The molecule has 2 rings (SSSR count). The molecular weight excluding hydrogens is 370 g/mol. The van der Waals surface area contributed by atoms with E-state index in [0.29, 0.717) is 11.4 Å². The summed E-state index contributed by atoms with van der Waals surface area (Å²) in [6, 6.07) is 9.98. The van der Waals surface area contributed by atoms with Crippen molar-refractivity contribution in [3.63, 3.8) is 0 Å². The second kappa shape index (κ2) is 9.12. The third-order valence-corrected chi connectivity index (χ3v) is 3.41. The van der Waals surface area contributed by atoms with E-state index < -0.39 is 29.1 Å². The molecule has 0 aliphatic heterocycles. The number of nitrogens with one attached hydrogen (secondary N) is 2. The van der Waals surface area contributed by atoms with Crippen molar-refractivity contribution in [3.8, 4) is 5.75 Å². The molecule has 0 saturated heterocycles. The summed E-state index contributed by atoms with van der Waals surface area (Å²) in [5.74, 6) is -1.77. The Balaban J connectivity index is 1.97. The molecule has 0 atom stereocenters. The van der Waals surface area contributed by atoms with Gasteiger partial charge in [-0.15, -0.1) is 0 Å². The molecule has 10 nitrogen and oxygen atoms in total. The van der Waals surface area contributed by atoms with Gasteiger partial charge in [-0.2, -0.15) is 0 Å². The Morgan fingerprint density at radius 1 is 1.07 bits per heavy atom. The lowest BCUT2D eigenvalue weighted by atomic mass is 10.2. The maximum absolute atomic E-state index is 12.0. The summed E-state index contributed by atoms with van der Waals surface area (Å²) in [5.41, 5.74) is 0.407. The lowest BCUT2D eigenvalue weighted by Gasteiger charge is -2.09. The van der Waals surface area contributed by atoms with Gasteiger partial charge in [0.2, 0.25) is 5.91 Å². The lowest BCUT2D eigenvalue weighted by molar-refractivity contribution is -0.385. The number of hydrogen-bond acceptors (Lipinski definition) is 7. The molecule has 0 radical (unpaired) electrons. The van der Waals surface area contributed by atoms with Crippen molar-refractivity contribution >= 4 is 34.8 Å². The highest BCUT2D eigenvalue weighted by Crippen LogP contribution is 2.27. The highest BCUT2D eigenvalue weighted by atomic mass is 16.6. The van der Waals surface area contributed by atoms with Crippen molar-refractivity contribution in [2.45, 2.75) is 6.92 Å². The van der Waals surface area contributed by atoms with Crippen LogP contribution in [0.3, 0.4) is 0 Å². The van der Waals surface area contributed by atoms with Crippen LogP contribution in [0.5, 0.6) is 5.75 Å². The molecule has 2 N–H and O–H groups in total. The molecule has 2 aromatic carbocycles. The van der Waals surface area contributed by atoms with Crippen molar-refractivity contribution in [1.82, 2.24) is 0 Å². The minimum Gasteiger partial charge on any atom is -0.490 e. The van der Waals surface area contributed by atoms with Crippen LogP contribution in [0.2, 0.25) is 0 Å². The predicted octanol–water partition coefficient (Wildman–Crippen LogP) is 2.36. The van der Waals surface area contributed by atoms with Crippen LogP contribution in [0.4, 0.5) is 17.1 Å². The first-order valence-electron chi connectivity index (χ1n) is 7.97. The van der Waals surface area contributed by atoms with Gasteiger partial charge in [0.1, 0.15) is 0 Å². The van der Waals surface area contributed by atoms with Crippen LogP contribution in [0.1, 0.15) is 17.3 Å². The molecule has 28 heavy (non-hydrogen) atoms. The topological polar surface area (TPSA) is 137 Å². The molecule has 2 amide bonds. The van der Waals surface area contributed by atoms with Gasteiger partial charge in [-0.05, 0) is 30.3 Å². The van der Waals surface area contributed by atoms with Crippen LogP contribution in [-0.2, 0) is 14.3 Å². The Kier molecular flexibility index (Phi) is 6.63.